The zero-order chi connectivity index (χ0) is 11.4. The molecule has 0 aromatic carbocycles. The molecule has 0 spiro atoms. The maximum Gasteiger partial charge on any atom is 0.244 e. The molecule has 16 heavy (non-hydrogen) atoms. The molecule has 1 N–H and O–H groups in total. The minimum absolute atomic E-state index is 0.0000926. The predicted molar refractivity (Wildman–Crippen MR) is 57.3 cm³/mol. The van der Waals surface area contributed by atoms with Gasteiger partial charge in [-0.15, -0.1) is 0 Å². The maximum atomic E-state index is 11.8. The number of likely N-dealkylation sites (N-methyl/N-ethyl adjacent to an activating group) is 1. The second kappa shape index (κ2) is 4.61. The van der Waals surface area contributed by atoms with Gasteiger partial charge in [0.1, 0.15) is 12.4 Å². The van der Waals surface area contributed by atoms with Crippen LogP contribution in [-0.2, 0) is 17.9 Å². The number of H-pyrrole nitrogens is 1. The molecule has 0 bridgehead atoms. The van der Waals surface area contributed by atoms with E-state index in [4.69, 9.17) is 0 Å². The van der Waals surface area contributed by atoms with E-state index in [1.165, 1.54) is 0 Å². The highest BCUT2D eigenvalue weighted by atomic mass is 16.2. The first-order valence-corrected chi connectivity index (χ1v) is 4.95. The van der Waals surface area contributed by atoms with Crippen LogP contribution >= 0.6 is 0 Å². The van der Waals surface area contributed by atoms with E-state index in [2.05, 4.69) is 15.1 Å². The Morgan fingerprint density at radius 1 is 1.56 bits per heavy atom. The third-order valence-corrected chi connectivity index (χ3v) is 2.22. The van der Waals surface area contributed by atoms with Gasteiger partial charge in [-0.2, -0.15) is 5.10 Å². The molecule has 2 aromatic heterocycles. The predicted octanol–water partition coefficient (Wildman–Crippen LogP) is 0.265. The Kier molecular flexibility index (Phi) is 3.00. The van der Waals surface area contributed by atoms with Crippen molar-refractivity contribution in [1.82, 2.24) is 24.6 Å². The fourth-order valence-electron chi connectivity index (χ4n) is 1.35. The van der Waals surface area contributed by atoms with Gasteiger partial charge in [0.05, 0.1) is 6.54 Å². The van der Waals surface area contributed by atoms with Crippen molar-refractivity contribution in [2.45, 2.75) is 13.1 Å². The standard InChI is InChI=1S/C10H13N5O/c1-14(7-9-11-4-5-12-9)10(16)8-15-6-2-3-13-15/h2-6H,7-8H2,1H3,(H,11,12). The fourth-order valence-corrected chi connectivity index (χ4v) is 1.35. The van der Waals surface area contributed by atoms with Crippen molar-refractivity contribution in [2.24, 2.45) is 0 Å². The summed E-state index contributed by atoms with van der Waals surface area (Å²) in [7, 11) is 1.74. The van der Waals surface area contributed by atoms with Crippen LogP contribution in [0.15, 0.2) is 30.9 Å². The summed E-state index contributed by atoms with van der Waals surface area (Å²) in [6.07, 6.45) is 6.82. The summed E-state index contributed by atoms with van der Waals surface area (Å²) in [6, 6.07) is 1.79. The number of nitrogens with zero attached hydrogens (tertiary/aromatic N) is 4. The first kappa shape index (κ1) is 10.4. The monoisotopic (exact) mass is 219 g/mol. The Hall–Kier alpha value is -2.11. The zero-order valence-corrected chi connectivity index (χ0v) is 9.00. The molecule has 0 aliphatic rings. The Balaban J connectivity index is 1.90. The number of hydrogen-bond acceptors (Lipinski definition) is 3. The molecule has 0 fully saturated rings. The number of amides is 1. The van der Waals surface area contributed by atoms with E-state index in [9.17, 15) is 4.79 Å². The summed E-state index contributed by atoms with van der Waals surface area (Å²) in [5.41, 5.74) is 0. The van der Waals surface area contributed by atoms with Gasteiger partial charge in [0.2, 0.25) is 5.91 Å². The van der Waals surface area contributed by atoms with E-state index in [1.807, 2.05) is 0 Å². The number of aromatic amines is 1. The molecule has 1 amide bonds. The van der Waals surface area contributed by atoms with Gasteiger partial charge < -0.3 is 9.88 Å². The quantitative estimate of drug-likeness (QED) is 0.802. The van der Waals surface area contributed by atoms with Gasteiger partial charge >= 0.3 is 0 Å². The highest BCUT2D eigenvalue weighted by Crippen LogP contribution is 1.97. The molecule has 84 valence electrons. The Bertz CT molecular complexity index is 434. The lowest BCUT2D eigenvalue weighted by Crippen LogP contribution is -2.30. The molecule has 0 radical (unpaired) electrons. The summed E-state index contributed by atoms with van der Waals surface area (Å²) in [5, 5.41) is 3.98. The normalized spacial score (nSPS) is 10.3. The molecule has 2 rings (SSSR count). The second-order valence-corrected chi connectivity index (χ2v) is 3.49. The molecule has 6 nitrogen and oxygen atoms in total. The minimum atomic E-state index is 0.0000926. The zero-order valence-electron chi connectivity index (χ0n) is 9.00. The van der Waals surface area contributed by atoms with Crippen molar-refractivity contribution < 1.29 is 4.79 Å². The number of rotatable bonds is 4. The van der Waals surface area contributed by atoms with Crippen molar-refractivity contribution in [3.05, 3.63) is 36.7 Å². The number of carbonyl (C=O) groups is 1. The summed E-state index contributed by atoms with van der Waals surface area (Å²) >= 11 is 0. The van der Waals surface area contributed by atoms with Crippen LogP contribution in [0.5, 0.6) is 0 Å². The van der Waals surface area contributed by atoms with Crippen LogP contribution in [0.3, 0.4) is 0 Å². The van der Waals surface area contributed by atoms with Crippen LogP contribution in [0.25, 0.3) is 0 Å². The van der Waals surface area contributed by atoms with Gasteiger partial charge in [0, 0.05) is 31.8 Å². The van der Waals surface area contributed by atoms with Gasteiger partial charge in [0.25, 0.3) is 0 Å². The van der Waals surface area contributed by atoms with Crippen LogP contribution in [-0.4, -0.2) is 37.6 Å². The van der Waals surface area contributed by atoms with Gasteiger partial charge in [0.15, 0.2) is 0 Å². The summed E-state index contributed by atoms with van der Waals surface area (Å²) < 4.78 is 1.60. The smallest absolute Gasteiger partial charge is 0.244 e. The first-order valence-electron chi connectivity index (χ1n) is 4.95. The van der Waals surface area contributed by atoms with Crippen molar-refractivity contribution in [1.29, 1.82) is 0 Å². The van der Waals surface area contributed by atoms with Crippen molar-refractivity contribution in [3.63, 3.8) is 0 Å². The third-order valence-electron chi connectivity index (χ3n) is 2.22. The SMILES string of the molecule is CN(Cc1ncc[nH]1)C(=O)Cn1cccn1. The average Bonchev–Trinajstić information content (AvgIpc) is 2.90. The lowest BCUT2D eigenvalue weighted by molar-refractivity contribution is -0.131. The second-order valence-electron chi connectivity index (χ2n) is 3.49. The molecule has 0 unspecified atom stereocenters. The summed E-state index contributed by atoms with van der Waals surface area (Å²) in [4.78, 5) is 20.4. The number of carbonyl (C=O) groups excluding carboxylic acids is 1. The van der Waals surface area contributed by atoms with Crippen molar-refractivity contribution in [2.75, 3.05) is 7.05 Å². The topological polar surface area (TPSA) is 66.8 Å². The lowest BCUT2D eigenvalue weighted by Gasteiger charge is -2.15. The Labute approximate surface area is 92.9 Å². The highest BCUT2D eigenvalue weighted by Gasteiger charge is 2.10. The van der Waals surface area contributed by atoms with Crippen LogP contribution in [0.1, 0.15) is 5.82 Å². The lowest BCUT2D eigenvalue weighted by atomic mass is 10.4. The molecule has 2 aromatic rings. The van der Waals surface area contributed by atoms with Crippen LogP contribution in [0.4, 0.5) is 0 Å². The molecule has 0 saturated carbocycles. The van der Waals surface area contributed by atoms with Gasteiger partial charge in [-0.05, 0) is 6.07 Å². The molecule has 2 heterocycles. The minimum Gasteiger partial charge on any atom is -0.347 e. The number of imidazole rings is 1. The molecule has 0 aliphatic carbocycles. The van der Waals surface area contributed by atoms with Crippen molar-refractivity contribution in [3.8, 4) is 0 Å². The number of hydrogen-bond donors (Lipinski definition) is 1. The first-order chi connectivity index (χ1) is 7.75. The Morgan fingerprint density at radius 3 is 3.06 bits per heavy atom. The molecule has 0 saturated heterocycles. The molecule has 0 aliphatic heterocycles. The van der Waals surface area contributed by atoms with Crippen LogP contribution in [0, 0.1) is 0 Å². The van der Waals surface area contributed by atoms with Crippen LogP contribution in [0.2, 0.25) is 0 Å². The van der Waals surface area contributed by atoms with Gasteiger partial charge in [-0.3, -0.25) is 9.48 Å². The van der Waals surface area contributed by atoms with E-state index in [1.54, 1.807) is 47.5 Å². The van der Waals surface area contributed by atoms with E-state index in [0.29, 0.717) is 6.54 Å². The molecular weight excluding hydrogens is 206 g/mol. The van der Waals surface area contributed by atoms with E-state index in [-0.39, 0.29) is 12.5 Å². The van der Waals surface area contributed by atoms with Gasteiger partial charge in [-0.25, -0.2) is 4.98 Å². The maximum absolute atomic E-state index is 11.8. The molecular formula is C10H13N5O. The van der Waals surface area contributed by atoms with E-state index >= 15 is 0 Å². The largest absolute Gasteiger partial charge is 0.347 e. The molecule has 0 atom stereocenters. The molecule has 6 heteroatoms. The van der Waals surface area contributed by atoms with E-state index < -0.39 is 0 Å². The Morgan fingerprint density at radius 2 is 2.44 bits per heavy atom. The highest BCUT2D eigenvalue weighted by molar-refractivity contribution is 5.75. The fraction of sp³-hybridized carbons (Fsp3) is 0.300. The third kappa shape index (κ3) is 2.47. The van der Waals surface area contributed by atoms with Crippen molar-refractivity contribution >= 4 is 5.91 Å². The van der Waals surface area contributed by atoms with Gasteiger partial charge in [-0.1, -0.05) is 0 Å². The number of nitrogens with one attached hydrogen (secondary N) is 1. The van der Waals surface area contributed by atoms with E-state index in [0.717, 1.165) is 5.82 Å². The number of aromatic nitrogens is 4. The van der Waals surface area contributed by atoms with Crippen LogP contribution < -0.4 is 0 Å². The summed E-state index contributed by atoms with van der Waals surface area (Å²) in [5.74, 6) is 0.774. The average molecular weight is 219 g/mol. The summed E-state index contributed by atoms with van der Waals surface area (Å²) in [6.45, 7) is 0.733.